The first-order valence-corrected chi connectivity index (χ1v) is 6.56. The Morgan fingerprint density at radius 2 is 2.00 bits per heavy atom. The molecule has 110 valence electrons. The van der Waals surface area contributed by atoms with Crippen molar-refractivity contribution in [2.24, 2.45) is 5.73 Å². The molecular formula is C15H17N3O3. The van der Waals surface area contributed by atoms with E-state index in [0.717, 1.165) is 6.42 Å². The zero-order valence-corrected chi connectivity index (χ0v) is 11.7. The third-order valence-corrected chi connectivity index (χ3v) is 2.66. The Bertz CT molecular complexity index is 644. The number of amides is 1. The summed E-state index contributed by atoms with van der Waals surface area (Å²) in [6.07, 6.45) is 2.28. The molecule has 2 rings (SSSR count). The van der Waals surface area contributed by atoms with Crippen LogP contribution in [0.3, 0.4) is 0 Å². The summed E-state index contributed by atoms with van der Waals surface area (Å²) in [7, 11) is 0. The highest BCUT2D eigenvalue weighted by molar-refractivity contribution is 5.95. The van der Waals surface area contributed by atoms with E-state index in [0.29, 0.717) is 23.8 Å². The summed E-state index contributed by atoms with van der Waals surface area (Å²) in [4.78, 5) is 15.4. The highest BCUT2D eigenvalue weighted by Crippen LogP contribution is 2.32. The average molecular weight is 287 g/mol. The van der Waals surface area contributed by atoms with Crippen LogP contribution in [-0.4, -0.2) is 17.5 Å². The molecule has 0 atom stereocenters. The maximum atomic E-state index is 11.4. The monoisotopic (exact) mass is 287 g/mol. The number of primary amides is 1. The van der Waals surface area contributed by atoms with Gasteiger partial charge in [-0.05, 0) is 24.6 Å². The number of anilines is 1. The highest BCUT2D eigenvalue weighted by Gasteiger charge is 2.14. The van der Waals surface area contributed by atoms with Gasteiger partial charge in [-0.2, -0.15) is 0 Å². The number of para-hydroxylation sites is 2. The average Bonchev–Trinajstić information content (AvgIpc) is 2.48. The lowest BCUT2D eigenvalue weighted by atomic mass is 10.2. The van der Waals surface area contributed by atoms with E-state index in [1.807, 2.05) is 13.0 Å². The van der Waals surface area contributed by atoms with Crippen LogP contribution in [0, 0.1) is 0 Å². The van der Waals surface area contributed by atoms with Crippen molar-refractivity contribution in [3.8, 4) is 17.4 Å². The third kappa shape index (κ3) is 3.62. The van der Waals surface area contributed by atoms with Crippen LogP contribution in [-0.2, 0) is 0 Å². The third-order valence-electron chi connectivity index (χ3n) is 2.66. The van der Waals surface area contributed by atoms with Gasteiger partial charge in [0, 0.05) is 0 Å². The summed E-state index contributed by atoms with van der Waals surface area (Å²) in [5.74, 6) is 0.486. The Balaban J connectivity index is 2.32. The van der Waals surface area contributed by atoms with E-state index in [-0.39, 0.29) is 11.4 Å². The second-order valence-corrected chi connectivity index (χ2v) is 4.38. The van der Waals surface area contributed by atoms with E-state index in [1.54, 1.807) is 18.2 Å². The SMILES string of the molecule is CCCOc1ccccc1Oc1ncc(N)cc1C(N)=O. The Hall–Kier alpha value is -2.76. The quantitative estimate of drug-likeness (QED) is 0.849. The number of nitrogen functional groups attached to an aromatic ring is 1. The van der Waals surface area contributed by atoms with Gasteiger partial charge in [-0.25, -0.2) is 4.98 Å². The zero-order chi connectivity index (χ0) is 15.2. The molecule has 0 fully saturated rings. The van der Waals surface area contributed by atoms with Crippen molar-refractivity contribution in [3.63, 3.8) is 0 Å². The zero-order valence-electron chi connectivity index (χ0n) is 11.7. The van der Waals surface area contributed by atoms with E-state index in [4.69, 9.17) is 20.9 Å². The lowest BCUT2D eigenvalue weighted by Crippen LogP contribution is -2.13. The first kappa shape index (κ1) is 14.6. The molecule has 2 aromatic rings. The first-order valence-electron chi connectivity index (χ1n) is 6.56. The van der Waals surface area contributed by atoms with E-state index in [1.165, 1.54) is 12.3 Å². The van der Waals surface area contributed by atoms with Crippen molar-refractivity contribution in [1.29, 1.82) is 0 Å². The van der Waals surface area contributed by atoms with Gasteiger partial charge in [0.1, 0.15) is 5.56 Å². The highest BCUT2D eigenvalue weighted by atomic mass is 16.5. The predicted molar refractivity (Wildman–Crippen MR) is 79.5 cm³/mol. The molecule has 0 unspecified atom stereocenters. The standard InChI is InChI=1S/C15H17N3O3/c1-2-7-20-12-5-3-4-6-13(12)21-15-11(14(17)19)8-10(16)9-18-15/h3-6,8-9H,2,7,16H2,1H3,(H2,17,19). The van der Waals surface area contributed by atoms with Crippen molar-refractivity contribution < 1.29 is 14.3 Å². The molecule has 0 bridgehead atoms. The lowest BCUT2D eigenvalue weighted by molar-refractivity contribution is 0.0997. The van der Waals surface area contributed by atoms with Crippen molar-refractivity contribution in [1.82, 2.24) is 4.98 Å². The molecule has 1 aromatic carbocycles. The van der Waals surface area contributed by atoms with Crippen molar-refractivity contribution >= 4 is 11.6 Å². The molecule has 0 spiro atoms. The second-order valence-electron chi connectivity index (χ2n) is 4.38. The molecule has 1 amide bonds. The van der Waals surface area contributed by atoms with Gasteiger partial charge in [0.05, 0.1) is 18.5 Å². The van der Waals surface area contributed by atoms with Crippen LogP contribution in [0.5, 0.6) is 17.4 Å². The topological polar surface area (TPSA) is 100 Å². The molecule has 0 radical (unpaired) electrons. The number of ether oxygens (including phenoxy) is 2. The summed E-state index contributed by atoms with van der Waals surface area (Å²) in [5.41, 5.74) is 11.4. The van der Waals surface area contributed by atoms with Crippen molar-refractivity contribution in [3.05, 3.63) is 42.1 Å². The number of hydrogen-bond acceptors (Lipinski definition) is 5. The number of rotatable bonds is 6. The molecule has 4 N–H and O–H groups in total. The summed E-state index contributed by atoms with van der Waals surface area (Å²) < 4.78 is 11.3. The number of pyridine rings is 1. The smallest absolute Gasteiger partial charge is 0.254 e. The number of carbonyl (C=O) groups is 1. The van der Waals surface area contributed by atoms with Gasteiger partial charge in [0.15, 0.2) is 11.5 Å². The largest absolute Gasteiger partial charge is 0.490 e. The molecule has 1 heterocycles. The summed E-state index contributed by atoms with van der Waals surface area (Å²) in [6.45, 7) is 2.58. The number of aromatic nitrogens is 1. The fourth-order valence-corrected chi connectivity index (χ4v) is 1.70. The van der Waals surface area contributed by atoms with Crippen molar-refractivity contribution in [2.75, 3.05) is 12.3 Å². The van der Waals surface area contributed by atoms with Crippen LogP contribution in [0.4, 0.5) is 5.69 Å². The van der Waals surface area contributed by atoms with Gasteiger partial charge >= 0.3 is 0 Å². The first-order chi connectivity index (χ1) is 10.1. The number of nitrogens with zero attached hydrogens (tertiary/aromatic N) is 1. The molecule has 21 heavy (non-hydrogen) atoms. The summed E-state index contributed by atoms with van der Waals surface area (Å²) >= 11 is 0. The normalized spacial score (nSPS) is 10.1. The van der Waals surface area contributed by atoms with Crippen LogP contribution in [0.1, 0.15) is 23.7 Å². The minimum absolute atomic E-state index is 0.101. The number of hydrogen-bond donors (Lipinski definition) is 2. The van der Waals surface area contributed by atoms with Crippen LogP contribution in [0.2, 0.25) is 0 Å². The Morgan fingerprint density at radius 1 is 1.29 bits per heavy atom. The second kappa shape index (κ2) is 6.60. The van der Waals surface area contributed by atoms with Gasteiger partial charge in [-0.3, -0.25) is 4.79 Å². The van der Waals surface area contributed by atoms with Gasteiger partial charge < -0.3 is 20.9 Å². The lowest BCUT2D eigenvalue weighted by Gasteiger charge is -2.12. The summed E-state index contributed by atoms with van der Waals surface area (Å²) in [6, 6.07) is 8.58. The molecule has 6 heteroatoms. The molecule has 0 saturated heterocycles. The molecule has 0 aliphatic carbocycles. The van der Waals surface area contributed by atoms with E-state index in [9.17, 15) is 4.79 Å². The molecule has 0 aliphatic heterocycles. The number of nitrogens with two attached hydrogens (primary N) is 2. The van der Waals surface area contributed by atoms with Gasteiger partial charge in [0.25, 0.3) is 5.91 Å². The molecule has 1 aromatic heterocycles. The molecular weight excluding hydrogens is 270 g/mol. The molecule has 0 saturated carbocycles. The molecule has 0 aliphatic rings. The minimum Gasteiger partial charge on any atom is -0.490 e. The van der Waals surface area contributed by atoms with Gasteiger partial charge in [-0.15, -0.1) is 0 Å². The fraction of sp³-hybridized carbons (Fsp3) is 0.200. The Labute approximate surface area is 122 Å². The number of benzene rings is 1. The Kier molecular flexibility index (Phi) is 4.61. The molecule has 6 nitrogen and oxygen atoms in total. The van der Waals surface area contributed by atoms with E-state index >= 15 is 0 Å². The van der Waals surface area contributed by atoms with Gasteiger partial charge in [-0.1, -0.05) is 19.1 Å². The Morgan fingerprint density at radius 3 is 2.67 bits per heavy atom. The van der Waals surface area contributed by atoms with Crippen LogP contribution < -0.4 is 20.9 Å². The van der Waals surface area contributed by atoms with E-state index in [2.05, 4.69) is 4.98 Å². The van der Waals surface area contributed by atoms with Crippen molar-refractivity contribution in [2.45, 2.75) is 13.3 Å². The number of carbonyl (C=O) groups excluding carboxylic acids is 1. The van der Waals surface area contributed by atoms with E-state index < -0.39 is 5.91 Å². The predicted octanol–water partition coefficient (Wildman–Crippen LogP) is 2.34. The van der Waals surface area contributed by atoms with Gasteiger partial charge in [0.2, 0.25) is 5.88 Å². The van der Waals surface area contributed by atoms with Crippen LogP contribution in [0.25, 0.3) is 0 Å². The maximum Gasteiger partial charge on any atom is 0.254 e. The fourth-order valence-electron chi connectivity index (χ4n) is 1.70. The summed E-state index contributed by atoms with van der Waals surface area (Å²) in [5, 5.41) is 0. The minimum atomic E-state index is -0.656. The maximum absolute atomic E-state index is 11.4. The van der Waals surface area contributed by atoms with Crippen LogP contribution in [0.15, 0.2) is 36.5 Å². The van der Waals surface area contributed by atoms with Crippen LogP contribution >= 0.6 is 0 Å².